The highest BCUT2D eigenvalue weighted by Crippen LogP contribution is 2.43. The van der Waals surface area contributed by atoms with E-state index < -0.39 is 24.6 Å². The third-order valence-electron chi connectivity index (χ3n) is 5.39. The summed E-state index contributed by atoms with van der Waals surface area (Å²) in [6, 6.07) is 13.7. The van der Waals surface area contributed by atoms with Crippen LogP contribution in [-0.4, -0.2) is 60.4 Å². The highest BCUT2D eigenvalue weighted by atomic mass is 16.5. The van der Waals surface area contributed by atoms with Gasteiger partial charge in [-0.25, -0.2) is 4.79 Å². The minimum atomic E-state index is -1.13. The standard InChI is InChI=1S/C25H26O9/c1-31-19-6-4-5-16(24(19)28)23(14-7-9-17(27)20(11-14)32-2)22(13-26)34-18-10-8-15(25(29)30)12-21(18)33-3/h4-12,22-23,26-28H,13H2,1-3H3,(H,29,30). The fraction of sp³-hybridized carbons (Fsp3) is 0.240. The van der Waals surface area contributed by atoms with Crippen molar-refractivity contribution in [2.24, 2.45) is 0 Å². The summed E-state index contributed by atoms with van der Waals surface area (Å²) >= 11 is 0. The van der Waals surface area contributed by atoms with E-state index >= 15 is 0 Å². The van der Waals surface area contributed by atoms with Crippen LogP contribution in [0, 0.1) is 0 Å². The molecule has 3 aromatic rings. The Kier molecular flexibility index (Phi) is 7.70. The lowest BCUT2D eigenvalue weighted by atomic mass is 9.85. The average molecular weight is 470 g/mol. The van der Waals surface area contributed by atoms with Crippen molar-refractivity contribution in [1.29, 1.82) is 0 Å². The van der Waals surface area contributed by atoms with Crippen molar-refractivity contribution in [3.05, 3.63) is 71.3 Å². The summed E-state index contributed by atoms with van der Waals surface area (Å²) in [5, 5.41) is 40.5. The molecule has 3 rings (SSSR count). The number of hydrogen-bond donors (Lipinski definition) is 4. The molecule has 2 unspecified atom stereocenters. The van der Waals surface area contributed by atoms with E-state index in [0.29, 0.717) is 11.1 Å². The van der Waals surface area contributed by atoms with Gasteiger partial charge < -0.3 is 39.4 Å². The lowest BCUT2D eigenvalue weighted by molar-refractivity contribution is 0.0695. The SMILES string of the molecule is COc1cc(C(c2cccc(OC)c2O)C(CO)Oc2ccc(C(=O)O)cc2OC)ccc1O. The molecule has 9 nitrogen and oxygen atoms in total. The van der Waals surface area contributed by atoms with Crippen molar-refractivity contribution >= 4 is 5.97 Å². The Morgan fingerprint density at radius 3 is 2.18 bits per heavy atom. The Labute approximate surface area is 196 Å². The maximum atomic E-state index is 11.3. The second-order valence-electron chi connectivity index (χ2n) is 7.32. The molecule has 34 heavy (non-hydrogen) atoms. The van der Waals surface area contributed by atoms with Gasteiger partial charge in [0.05, 0.1) is 39.4 Å². The monoisotopic (exact) mass is 470 g/mol. The van der Waals surface area contributed by atoms with Gasteiger partial charge in [0.25, 0.3) is 0 Å². The molecule has 2 atom stereocenters. The number of aromatic carboxylic acids is 1. The van der Waals surface area contributed by atoms with Gasteiger partial charge in [0.1, 0.15) is 6.10 Å². The number of phenolic OH excluding ortho intramolecular Hbond substituents is 2. The van der Waals surface area contributed by atoms with Crippen LogP contribution in [0.3, 0.4) is 0 Å². The first kappa shape index (κ1) is 24.5. The second kappa shape index (κ2) is 10.7. The number of para-hydroxylation sites is 1. The summed E-state index contributed by atoms with van der Waals surface area (Å²) in [5.74, 6) is -1.31. The third-order valence-corrected chi connectivity index (χ3v) is 5.39. The van der Waals surface area contributed by atoms with Crippen LogP contribution >= 0.6 is 0 Å². The topological polar surface area (TPSA) is 135 Å². The number of phenols is 2. The van der Waals surface area contributed by atoms with Crippen molar-refractivity contribution < 1.29 is 44.2 Å². The molecule has 0 saturated carbocycles. The number of methoxy groups -OCH3 is 3. The summed E-state index contributed by atoms with van der Waals surface area (Å²) in [6.45, 7) is -0.478. The normalized spacial score (nSPS) is 12.5. The Morgan fingerprint density at radius 1 is 0.853 bits per heavy atom. The molecule has 0 fully saturated rings. The molecule has 0 spiro atoms. The van der Waals surface area contributed by atoms with E-state index in [0.717, 1.165) is 0 Å². The van der Waals surface area contributed by atoms with E-state index in [2.05, 4.69) is 0 Å². The highest BCUT2D eigenvalue weighted by molar-refractivity contribution is 5.88. The number of aromatic hydroxyl groups is 2. The number of aliphatic hydroxyl groups excluding tert-OH is 1. The van der Waals surface area contributed by atoms with Gasteiger partial charge >= 0.3 is 5.97 Å². The molecular formula is C25H26O9. The van der Waals surface area contributed by atoms with Gasteiger partial charge in [-0.15, -0.1) is 0 Å². The highest BCUT2D eigenvalue weighted by Gasteiger charge is 2.31. The zero-order chi connectivity index (χ0) is 24.8. The first-order valence-electron chi connectivity index (χ1n) is 10.3. The van der Waals surface area contributed by atoms with Crippen molar-refractivity contribution in [2.45, 2.75) is 12.0 Å². The summed E-state index contributed by atoms with van der Waals surface area (Å²) in [5.41, 5.74) is 0.973. The summed E-state index contributed by atoms with van der Waals surface area (Å²) in [7, 11) is 4.20. The first-order chi connectivity index (χ1) is 16.3. The number of carbonyl (C=O) groups is 1. The maximum Gasteiger partial charge on any atom is 0.335 e. The van der Waals surface area contributed by atoms with Crippen molar-refractivity contribution in [3.8, 4) is 34.5 Å². The molecule has 0 heterocycles. The fourth-order valence-electron chi connectivity index (χ4n) is 3.71. The molecule has 0 radical (unpaired) electrons. The number of benzene rings is 3. The molecule has 9 heteroatoms. The molecular weight excluding hydrogens is 444 g/mol. The number of aliphatic hydroxyl groups is 1. The van der Waals surface area contributed by atoms with E-state index in [4.69, 9.17) is 18.9 Å². The smallest absolute Gasteiger partial charge is 0.335 e. The van der Waals surface area contributed by atoms with Gasteiger partial charge in [0.2, 0.25) is 0 Å². The van der Waals surface area contributed by atoms with Crippen LogP contribution in [0.1, 0.15) is 27.4 Å². The number of carboxylic acid groups (broad SMARTS) is 1. The molecule has 0 aromatic heterocycles. The predicted octanol–water partition coefficient (Wildman–Crippen LogP) is 3.39. The molecule has 0 amide bonds. The minimum absolute atomic E-state index is 0.00927. The van der Waals surface area contributed by atoms with Gasteiger partial charge in [-0.05, 0) is 42.0 Å². The number of ether oxygens (including phenoxy) is 4. The van der Waals surface area contributed by atoms with E-state index in [1.165, 1.54) is 45.6 Å². The largest absolute Gasteiger partial charge is 0.504 e. The van der Waals surface area contributed by atoms with Crippen LogP contribution in [0.2, 0.25) is 0 Å². The van der Waals surface area contributed by atoms with Crippen LogP contribution < -0.4 is 18.9 Å². The van der Waals surface area contributed by atoms with Crippen molar-refractivity contribution in [1.82, 2.24) is 0 Å². The second-order valence-corrected chi connectivity index (χ2v) is 7.32. The van der Waals surface area contributed by atoms with Crippen LogP contribution in [0.4, 0.5) is 0 Å². The van der Waals surface area contributed by atoms with Gasteiger partial charge in [-0.2, -0.15) is 0 Å². The van der Waals surface area contributed by atoms with Crippen LogP contribution in [0.25, 0.3) is 0 Å². The van der Waals surface area contributed by atoms with Gasteiger partial charge in [0.15, 0.2) is 34.5 Å². The number of carboxylic acids is 1. The molecule has 4 N–H and O–H groups in total. The molecule has 0 aliphatic heterocycles. The zero-order valence-electron chi connectivity index (χ0n) is 18.9. The van der Waals surface area contributed by atoms with Crippen LogP contribution in [-0.2, 0) is 0 Å². The Balaban J connectivity index is 2.14. The molecule has 3 aromatic carbocycles. The average Bonchev–Trinajstić information content (AvgIpc) is 2.85. The molecule has 180 valence electrons. The van der Waals surface area contributed by atoms with Crippen LogP contribution in [0.15, 0.2) is 54.6 Å². The summed E-state index contributed by atoms with van der Waals surface area (Å²) in [4.78, 5) is 11.3. The predicted molar refractivity (Wildman–Crippen MR) is 123 cm³/mol. The fourth-order valence-corrected chi connectivity index (χ4v) is 3.71. The first-order valence-corrected chi connectivity index (χ1v) is 10.3. The summed E-state index contributed by atoms with van der Waals surface area (Å²) < 4.78 is 21.9. The Bertz CT molecular complexity index is 1160. The third kappa shape index (κ3) is 4.94. The van der Waals surface area contributed by atoms with Gasteiger partial charge in [-0.1, -0.05) is 18.2 Å². The number of rotatable bonds is 10. The minimum Gasteiger partial charge on any atom is -0.504 e. The molecule has 0 saturated heterocycles. The van der Waals surface area contributed by atoms with Crippen molar-refractivity contribution in [3.63, 3.8) is 0 Å². The zero-order valence-corrected chi connectivity index (χ0v) is 18.9. The van der Waals surface area contributed by atoms with Gasteiger partial charge in [0, 0.05) is 5.56 Å². The quantitative estimate of drug-likeness (QED) is 0.352. The Hall–Kier alpha value is -4.11. The van der Waals surface area contributed by atoms with Crippen LogP contribution in [0.5, 0.6) is 34.5 Å². The molecule has 0 aliphatic rings. The Morgan fingerprint density at radius 2 is 1.56 bits per heavy atom. The molecule has 0 bridgehead atoms. The van der Waals surface area contributed by atoms with E-state index in [1.807, 2.05) is 0 Å². The lowest BCUT2D eigenvalue weighted by Gasteiger charge is -2.29. The van der Waals surface area contributed by atoms with Crippen molar-refractivity contribution in [2.75, 3.05) is 27.9 Å². The number of hydrogen-bond acceptors (Lipinski definition) is 8. The van der Waals surface area contributed by atoms with E-state index in [1.54, 1.807) is 30.3 Å². The van der Waals surface area contributed by atoms with E-state index in [9.17, 15) is 25.2 Å². The maximum absolute atomic E-state index is 11.3. The molecule has 0 aliphatic carbocycles. The summed E-state index contributed by atoms with van der Waals surface area (Å²) in [6.07, 6.45) is -0.961. The van der Waals surface area contributed by atoms with E-state index in [-0.39, 0.29) is 40.1 Å². The van der Waals surface area contributed by atoms with Gasteiger partial charge in [-0.3, -0.25) is 0 Å². The lowest BCUT2D eigenvalue weighted by Crippen LogP contribution is -2.30.